The van der Waals surface area contributed by atoms with Crippen LogP contribution >= 0.6 is 11.6 Å². The average Bonchev–Trinajstić information content (AvgIpc) is 2.34. The third kappa shape index (κ3) is 2.95. The van der Waals surface area contributed by atoms with Gasteiger partial charge in [0, 0.05) is 6.54 Å². The second kappa shape index (κ2) is 4.26. The Morgan fingerprint density at radius 2 is 2.27 bits per heavy atom. The van der Waals surface area contributed by atoms with Crippen LogP contribution in [0.1, 0.15) is 0 Å². The molecule has 1 aliphatic heterocycles. The highest BCUT2D eigenvalue weighted by atomic mass is 35.5. The third-order valence-corrected chi connectivity index (χ3v) is 1.76. The zero-order valence-corrected chi connectivity index (χ0v) is 7.67. The van der Waals surface area contributed by atoms with E-state index in [0.717, 1.165) is 6.54 Å². The zero-order valence-electron chi connectivity index (χ0n) is 6.92. The molecule has 1 rings (SSSR count). The summed E-state index contributed by atoms with van der Waals surface area (Å²) in [5.74, 6) is 0.421. The first-order valence-electron chi connectivity index (χ1n) is 3.70. The largest absolute Gasteiger partial charge is 0.349 e. The van der Waals surface area contributed by atoms with Gasteiger partial charge in [0.15, 0.2) is 6.29 Å². The minimum atomic E-state index is -0.193. The molecule has 1 heterocycles. The van der Waals surface area contributed by atoms with Gasteiger partial charge in [-0.3, -0.25) is 0 Å². The van der Waals surface area contributed by atoms with E-state index >= 15 is 0 Å². The van der Waals surface area contributed by atoms with Crippen molar-refractivity contribution in [1.82, 2.24) is 4.90 Å². The average molecular weight is 180 g/mol. The summed E-state index contributed by atoms with van der Waals surface area (Å²) in [6.45, 7) is 1.56. The molecule has 0 bridgehead atoms. The van der Waals surface area contributed by atoms with Crippen molar-refractivity contribution in [2.45, 2.75) is 12.4 Å². The monoisotopic (exact) mass is 179 g/mol. The van der Waals surface area contributed by atoms with Crippen molar-refractivity contribution in [3.8, 4) is 0 Å². The summed E-state index contributed by atoms with van der Waals surface area (Å²) in [6.07, 6.45) is -0.00429. The summed E-state index contributed by atoms with van der Waals surface area (Å²) in [4.78, 5) is 2.07. The van der Waals surface area contributed by atoms with Crippen molar-refractivity contribution in [1.29, 1.82) is 0 Å². The smallest absolute Gasteiger partial charge is 0.171 e. The fourth-order valence-electron chi connectivity index (χ4n) is 1.09. The van der Waals surface area contributed by atoms with E-state index in [-0.39, 0.29) is 12.4 Å². The quantitative estimate of drug-likeness (QED) is 0.590. The Bertz CT molecular complexity index is 121. The molecular weight excluding hydrogens is 166 g/mol. The highest BCUT2D eigenvalue weighted by Crippen LogP contribution is 2.12. The molecule has 1 fully saturated rings. The van der Waals surface area contributed by atoms with E-state index in [9.17, 15) is 0 Å². The van der Waals surface area contributed by atoms with Crippen LogP contribution in [0.2, 0.25) is 0 Å². The Morgan fingerprint density at radius 1 is 1.55 bits per heavy atom. The summed E-state index contributed by atoms with van der Waals surface area (Å²) in [6, 6.07) is 0. The van der Waals surface area contributed by atoms with Crippen LogP contribution in [-0.4, -0.2) is 50.4 Å². The van der Waals surface area contributed by atoms with Gasteiger partial charge in [-0.2, -0.15) is 0 Å². The van der Waals surface area contributed by atoms with Crippen molar-refractivity contribution in [2.24, 2.45) is 0 Å². The number of alkyl halides is 1. The molecule has 0 aliphatic carbocycles. The van der Waals surface area contributed by atoms with Crippen LogP contribution in [0.4, 0.5) is 0 Å². The normalized spacial score (nSPS) is 31.6. The molecule has 0 saturated carbocycles. The lowest BCUT2D eigenvalue weighted by Crippen LogP contribution is -2.28. The lowest BCUT2D eigenvalue weighted by molar-refractivity contribution is -0.0423. The van der Waals surface area contributed by atoms with Crippen molar-refractivity contribution >= 4 is 11.6 Å². The molecule has 0 spiro atoms. The molecule has 66 valence electrons. The molecule has 0 aromatic rings. The van der Waals surface area contributed by atoms with E-state index in [0.29, 0.717) is 12.5 Å². The highest BCUT2D eigenvalue weighted by Gasteiger charge is 2.25. The number of likely N-dealkylation sites (N-methyl/N-ethyl adjacent to an activating group) is 1. The Morgan fingerprint density at radius 3 is 2.73 bits per heavy atom. The number of rotatable bonds is 3. The maximum Gasteiger partial charge on any atom is 0.171 e. The van der Waals surface area contributed by atoms with Gasteiger partial charge in [0.25, 0.3) is 0 Å². The van der Waals surface area contributed by atoms with Crippen molar-refractivity contribution in [3.05, 3.63) is 0 Å². The number of ether oxygens (including phenoxy) is 2. The highest BCUT2D eigenvalue weighted by molar-refractivity contribution is 6.18. The maximum absolute atomic E-state index is 5.55. The van der Waals surface area contributed by atoms with Crippen molar-refractivity contribution in [2.75, 3.05) is 33.1 Å². The van der Waals surface area contributed by atoms with E-state index in [1.165, 1.54) is 0 Å². The maximum atomic E-state index is 5.55. The van der Waals surface area contributed by atoms with Gasteiger partial charge < -0.3 is 14.4 Å². The Balaban J connectivity index is 2.19. The lowest BCUT2D eigenvalue weighted by atomic mass is 10.4. The topological polar surface area (TPSA) is 21.7 Å². The van der Waals surface area contributed by atoms with Crippen LogP contribution in [0.3, 0.4) is 0 Å². The molecular formula is C7H14ClNO2. The third-order valence-electron chi connectivity index (χ3n) is 1.51. The number of nitrogens with zero attached hydrogens (tertiary/aromatic N) is 1. The molecule has 0 amide bonds. The van der Waals surface area contributed by atoms with Gasteiger partial charge in [-0.15, -0.1) is 11.6 Å². The summed E-state index contributed by atoms with van der Waals surface area (Å²) < 4.78 is 10.7. The summed E-state index contributed by atoms with van der Waals surface area (Å²) in [7, 11) is 4.02. The van der Waals surface area contributed by atoms with Crippen molar-refractivity contribution < 1.29 is 9.47 Å². The van der Waals surface area contributed by atoms with Gasteiger partial charge in [-0.05, 0) is 14.1 Å². The van der Waals surface area contributed by atoms with Gasteiger partial charge in [0.05, 0.1) is 18.6 Å². The second-order valence-corrected chi connectivity index (χ2v) is 3.25. The Kier molecular flexibility index (Phi) is 3.59. The first-order chi connectivity index (χ1) is 5.22. The zero-order chi connectivity index (χ0) is 8.27. The number of halogens is 1. The molecule has 0 radical (unpaired) electrons. The summed E-state index contributed by atoms with van der Waals surface area (Å²) >= 11 is 5.55. The van der Waals surface area contributed by atoms with Crippen LogP contribution in [-0.2, 0) is 9.47 Å². The van der Waals surface area contributed by atoms with E-state index in [1.807, 2.05) is 14.1 Å². The molecule has 0 N–H and O–H groups in total. The molecule has 2 unspecified atom stereocenters. The van der Waals surface area contributed by atoms with Crippen LogP contribution in [0.25, 0.3) is 0 Å². The second-order valence-electron chi connectivity index (χ2n) is 2.94. The molecule has 3 nitrogen and oxygen atoms in total. The summed E-state index contributed by atoms with van der Waals surface area (Å²) in [5, 5.41) is 0. The fraction of sp³-hybridized carbons (Fsp3) is 1.00. The molecule has 0 aromatic carbocycles. The number of hydrogen-bond donors (Lipinski definition) is 0. The molecule has 2 atom stereocenters. The van der Waals surface area contributed by atoms with E-state index in [4.69, 9.17) is 21.1 Å². The van der Waals surface area contributed by atoms with Gasteiger partial charge in [-0.25, -0.2) is 0 Å². The standard InChI is InChI=1S/C7H14ClNO2/c1-9(2)4-6-5-10-7(3-8)11-6/h6-7H,3-5H2,1-2H3. The van der Waals surface area contributed by atoms with Gasteiger partial charge in [0.2, 0.25) is 0 Å². The molecule has 11 heavy (non-hydrogen) atoms. The van der Waals surface area contributed by atoms with Crippen LogP contribution in [0.5, 0.6) is 0 Å². The Hall–Kier alpha value is 0.170. The van der Waals surface area contributed by atoms with Gasteiger partial charge >= 0.3 is 0 Å². The lowest BCUT2D eigenvalue weighted by Gasteiger charge is -2.14. The fourth-order valence-corrected chi connectivity index (χ4v) is 1.25. The molecule has 1 aliphatic rings. The van der Waals surface area contributed by atoms with E-state index < -0.39 is 0 Å². The van der Waals surface area contributed by atoms with Crippen molar-refractivity contribution in [3.63, 3.8) is 0 Å². The van der Waals surface area contributed by atoms with Crippen LogP contribution < -0.4 is 0 Å². The molecule has 1 saturated heterocycles. The van der Waals surface area contributed by atoms with Gasteiger partial charge in [-0.1, -0.05) is 0 Å². The Labute approximate surface area is 72.2 Å². The first kappa shape index (κ1) is 9.26. The predicted molar refractivity (Wildman–Crippen MR) is 43.9 cm³/mol. The van der Waals surface area contributed by atoms with Crippen LogP contribution in [0.15, 0.2) is 0 Å². The van der Waals surface area contributed by atoms with Crippen LogP contribution in [0, 0.1) is 0 Å². The van der Waals surface area contributed by atoms with Gasteiger partial charge in [0.1, 0.15) is 0 Å². The first-order valence-corrected chi connectivity index (χ1v) is 4.23. The minimum Gasteiger partial charge on any atom is -0.349 e. The number of hydrogen-bond acceptors (Lipinski definition) is 3. The summed E-state index contributed by atoms with van der Waals surface area (Å²) in [5.41, 5.74) is 0. The molecule has 0 aromatic heterocycles. The minimum absolute atomic E-state index is 0.189. The van der Waals surface area contributed by atoms with E-state index in [2.05, 4.69) is 4.90 Å². The predicted octanol–water partition coefficient (Wildman–Crippen LogP) is 0.528. The van der Waals surface area contributed by atoms with E-state index in [1.54, 1.807) is 0 Å². The SMILES string of the molecule is CN(C)CC1COC(CCl)O1. The molecule has 4 heteroatoms.